The Bertz CT molecular complexity index is 1040. The third kappa shape index (κ3) is 4.79. The van der Waals surface area contributed by atoms with Crippen LogP contribution in [0.25, 0.3) is 0 Å². The van der Waals surface area contributed by atoms with Crippen molar-refractivity contribution in [2.45, 2.75) is 32.6 Å². The van der Waals surface area contributed by atoms with Gasteiger partial charge >= 0.3 is 5.97 Å². The molecule has 1 saturated heterocycles. The summed E-state index contributed by atoms with van der Waals surface area (Å²) in [5.74, 6) is -0.454. The van der Waals surface area contributed by atoms with Crippen molar-refractivity contribution in [2.75, 3.05) is 49.5 Å². The van der Waals surface area contributed by atoms with Crippen LogP contribution >= 0.6 is 11.3 Å². The molecular formula is C24H28N4O3S. The topological polar surface area (TPSA) is 85.7 Å². The number of para-hydroxylation sites is 1. The van der Waals surface area contributed by atoms with Gasteiger partial charge in [-0.1, -0.05) is 12.1 Å². The van der Waals surface area contributed by atoms with Crippen LogP contribution in [0.15, 0.2) is 24.3 Å². The summed E-state index contributed by atoms with van der Waals surface area (Å²) in [5.41, 5.74) is 3.22. The second kappa shape index (κ2) is 10.2. The van der Waals surface area contributed by atoms with Crippen molar-refractivity contribution in [3.05, 3.63) is 45.8 Å². The van der Waals surface area contributed by atoms with Crippen LogP contribution in [0.5, 0.6) is 0 Å². The van der Waals surface area contributed by atoms with E-state index in [2.05, 4.69) is 21.2 Å². The van der Waals surface area contributed by atoms with Gasteiger partial charge in [0.1, 0.15) is 11.1 Å². The molecule has 1 N–H and O–H groups in total. The molecule has 0 saturated carbocycles. The summed E-state index contributed by atoms with van der Waals surface area (Å²) in [6.07, 6.45) is 3.77. The van der Waals surface area contributed by atoms with Gasteiger partial charge < -0.3 is 15.0 Å². The zero-order valence-corrected chi connectivity index (χ0v) is 19.2. The normalized spacial score (nSPS) is 16.2. The van der Waals surface area contributed by atoms with E-state index in [9.17, 15) is 14.9 Å². The van der Waals surface area contributed by atoms with Gasteiger partial charge in [0, 0.05) is 31.1 Å². The number of thiophene rings is 1. The van der Waals surface area contributed by atoms with Crippen molar-refractivity contribution in [3.8, 4) is 6.07 Å². The molecule has 0 atom stereocenters. The highest BCUT2D eigenvalue weighted by Gasteiger charge is 2.28. The number of esters is 1. The summed E-state index contributed by atoms with van der Waals surface area (Å²) in [4.78, 5) is 30.9. The maximum atomic E-state index is 12.8. The van der Waals surface area contributed by atoms with Crippen LogP contribution in [0.4, 0.5) is 10.7 Å². The molecule has 0 bridgehead atoms. The minimum atomic E-state index is -0.344. The number of ether oxygens (including phenoxy) is 1. The van der Waals surface area contributed by atoms with Crippen LogP contribution < -0.4 is 10.2 Å². The smallest absolute Gasteiger partial charge is 0.341 e. The summed E-state index contributed by atoms with van der Waals surface area (Å²) in [7, 11) is 0. The lowest BCUT2D eigenvalue weighted by Gasteiger charge is -2.24. The first-order valence-electron chi connectivity index (χ1n) is 11.2. The fraction of sp³-hybridized carbons (Fsp3) is 0.458. The Balaban J connectivity index is 1.39. The maximum absolute atomic E-state index is 12.8. The Labute approximate surface area is 192 Å². The predicted molar refractivity (Wildman–Crippen MR) is 125 cm³/mol. The number of carbonyl (C=O) groups excluding carboxylic acids is 2. The number of rotatable bonds is 6. The Kier molecular flexibility index (Phi) is 7.08. The highest BCUT2D eigenvalue weighted by atomic mass is 32.1. The van der Waals surface area contributed by atoms with Gasteiger partial charge in [-0.05, 0) is 50.3 Å². The minimum absolute atomic E-state index is 0.110. The van der Waals surface area contributed by atoms with Gasteiger partial charge in [-0.2, -0.15) is 5.26 Å². The Morgan fingerprint density at radius 2 is 2.00 bits per heavy atom. The van der Waals surface area contributed by atoms with Gasteiger partial charge in [-0.3, -0.25) is 9.69 Å². The van der Waals surface area contributed by atoms with Crippen molar-refractivity contribution in [3.63, 3.8) is 0 Å². The third-order valence-corrected chi connectivity index (χ3v) is 7.18. The number of benzene rings is 1. The molecule has 0 unspecified atom stereocenters. The molecule has 1 amide bonds. The number of aryl methyl sites for hydroxylation is 1. The summed E-state index contributed by atoms with van der Waals surface area (Å²) in [5, 5.41) is 13.0. The van der Waals surface area contributed by atoms with Crippen LogP contribution in [0.1, 0.15) is 46.1 Å². The molecule has 32 heavy (non-hydrogen) atoms. The molecule has 1 aromatic heterocycles. The molecule has 0 radical (unpaired) electrons. The van der Waals surface area contributed by atoms with Crippen LogP contribution in [-0.2, 0) is 22.4 Å². The first kappa shape index (κ1) is 22.3. The molecule has 2 aromatic rings. The van der Waals surface area contributed by atoms with Gasteiger partial charge in [0.15, 0.2) is 0 Å². The number of anilines is 2. The van der Waals surface area contributed by atoms with Gasteiger partial charge in [0.25, 0.3) is 0 Å². The van der Waals surface area contributed by atoms with Crippen molar-refractivity contribution >= 4 is 33.9 Å². The van der Waals surface area contributed by atoms with E-state index in [-0.39, 0.29) is 18.4 Å². The number of hydrogen-bond acceptors (Lipinski definition) is 7. The minimum Gasteiger partial charge on any atom is -0.462 e. The predicted octanol–water partition coefficient (Wildman–Crippen LogP) is 3.44. The maximum Gasteiger partial charge on any atom is 0.341 e. The van der Waals surface area contributed by atoms with Gasteiger partial charge in [0.05, 0.1) is 30.0 Å². The number of nitrogens with one attached hydrogen (secondary N) is 1. The Hall–Kier alpha value is -2.89. The van der Waals surface area contributed by atoms with E-state index >= 15 is 0 Å². The van der Waals surface area contributed by atoms with Crippen LogP contribution in [-0.4, -0.2) is 56.1 Å². The average Bonchev–Trinajstić information content (AvgIpc) is 3.28. The molecule has 2 aliphatic rings. The Morgan fingerprint density at radius 1 is 1.16 bits per heavy atom. The van der Waals surface area contributed by atoms with E-state index < -0.39 is 0 Å². The number of hydrogen-bond donors (Lipinski definition) is 1. The molecule has 1 fully saturated rings. The molecule has 1 aromatic carbocycles. The lowest BCUT2D eigenvalue weighted by molar-refractivity contribution is -0.117. The Morgan fingerprint density at radius 3 is 2.81 bits per heavy atom. The van der Waals surface area contributed by atoms with E-state index in [0.29, 0.717) is 22.7 Å². The zero-order valence-electron chi connectivity index (χ0n) is 18.4. The fourth-order valence-corrected chi connectivity index (χ4v) is 5.79. The summed E-state index contributed by atoms with van der Waals surface area (Å²) < 4.78 is 5.25. The van der Waals surface area contributed by atoms with Crippen molar-refractivity contribution in [2.24, 2.45) is 0 Å². The van der Waals surface area contributed by atoms with Crippen LogP contribution in [0, 0.1) is 11.3 Å². The first-order valence-corrected chi connectivity index (χ1v) is 12.0. The van der Waals surface area contributed by atoms with Crippen molar-refractivity contribution in [1.29, 1.82) is 5.26 Å². The number of fused-ring (bicyclic) bond motifs is 1. The fourth-order valence-electron chi connectivity index (χ4n) is 4.49. The SMILES string of the molecule is CCOC(=O)c1c(NC(=O)CN2CCCN(c3ccccc3C#N)CC2)sc2c1CCC2. The van der Waals surface area contributed by atoms with Gasteiger partial charge in [-0.15, -0.1) is 11.3 Å². The van der Waals surface area contributed by atoms with Gasteiger partial charge in [0.2, 0.25) is 5.91 Å². The van der Waals surface area contributed by atoms with Crippen molar-refractivity contribution < 1.29 is 14.3 Å². The van der Waals surface area contributed by atoms with E-state index in [1.165, 1.54) is 16.2 Å². The van der Waals surface area contributed by atoms with Crippen LogP contribution in [0.3, 0.4) is 0 Å². The molecule has 1 aliphatic carbocycles. The molecule has 7 nitrogen and oxygen atoms in total. The second-order valence-electron chi connectivity index (χ2n) is 8.08. The van der Waals surface area contributed by atoms with E-state index in [4.69, 9.17) is 4.74 Å². The number of amides is 1. The molecule has 0 spiro atoms. The molecular weight excluding hydrogens is 424 g/mol. The summed E-state index contributed by atoms with van der Waals surface area (Å²) >= 11 is 1.51. The molecule has 8 heteroatoms. The molecule has 1 aliphatic heterocycles. The van der Waals surface area contributed by atoms with E-state index in [0.717, 1.165) is 63.1 Å². The largest absolute Gasteiger partial charge is 0.462 e. The van der Waals surface area contributed by atoms with Crippen molar-refractivity contribution in [1.82, 2.24) is 4.90 Å². The number of nitrogens with zero attached hydrogens (tertiary/aromatic N) is 3. The number of carbonyl (C=O) groups is 2. The molecule has 168 valence electrons. The van der Waals surface area contributed by atoms with E-state index in [1.807, 2.05) is 24.3 Å². The van der Waals surface area contributed by atoms with E-state index in [1.54, 1.807) is 6.92 Å². The monoisotopic (exact) mass is 452 g/mol. The highest BCUT2D eigenvalue weighted by molar-refractivity contribution is 7.17. The lowest BCUT2D eigenvalue weighted by atomic mass is 10.1. The number of nitriles is 1. The first-order chi connectivity index (χ1) is 15.6. The third-order valence-electron chi connectivity index (χ3n) is 5.97. The average molecular weight is 453 g/mol. The van der Waals surface area contributed by atoms with Gasteiger partial charge in [-0.25, -0.2) is 4.79 Å². The van der Waals surface area contributed by atoms with Crippen LogP contribution in [0.2, 0.25) is 0 Å². The summed E-state index contributed by atoms with van der Waals surface area (Å²) in [6.45, 7) is 5.53. The lowest BCUT2D eigenvalue weighted by Crippen LogP contribution is -2.36. The second-order valence-corrected chi connectivity index (χ2v) is 9.18. The standard InChI is InChI=1S/C24H28N4O3S/c1-2-31-24(30)22-18-8-5-10-20(18)32-23(22)26-21(29)16-27-11-6-12-28(14-13-27)19-9-4-3-7-17(19)15-25/h3-4,7,9H,2,5-6,8,10-14,16H2,1H3,(H,26,29). The molecule has 2 heterocycles. The quantitative estimate of drug-likeness (QED) is 0.676. The zero-order chi connectivity index (χ0) is 22.5. The summed E-state index contributed by atoms with van der Waals surface area (Å²) in [6, 6.07) is 9.91. The highest BCUT2D eigenvalue weighted by Crippen LogP contribution is 2.39. The molecule has 4 rings (SSSR count).